The van der Waals surface area contributed by atoms with E-state index in [1.807, 2.05) is 6.92 Å². The van der Waals surface area contributed by atoms with Crippen LogP contribution in [-0.2, 0) is 22.6 Å². The van der Waals surface area contributed by atoms with Gasteiger partial charge in [0.05, 0.1) is 16.7 Å². The van der Waals surface area contributed by atoms with E-state index < -0.39 is 27.8 Å². The lowest BCUT2D eigenvalue weighted by atomic mass is 10.1. The van der Waals surface area contributed by atoms with Gasteiger partial charge in [-0.15, -0.1) is 0 Å². The summed E-state index contributed by atoms with van der Waals surface area (Å²) in [4.78, 5) is 4.03. The summed E-state index contributed by atoms with van der Waals surface area (Å²) in [7, 11) is -3.95. The fourth-order valence-electron chi connectivity index (χ4n) is 3.03. The second-order valence-electron chi connectivity index (χ2n) is 6.17. The van der Waals surface area contributed by atoms with Gasteiger partial charge in [0.1, 0.15) is 11.8 Å². The summed E-state index contributed by atoms with van der Waals surface area (Å²) in [5.41, 5.74) is -0.882. The van der Waals surface area contributed by atoms with Gasteiger partial charge in [-0.3, -0.25) is 0 Å². The number of halogens is 3. The molecule has 1 aliphatic rings. The number of sulfonamides is 1. The van der Waals surface area contributed by atoms with Gasteiger partial charge < -0.3 is 4.42 Å². The van der Waals surface area contributed by atoms with Crippen molar-refractivity contribution in [3.05, 3.63) is 47.7 Å². The number of piperidine rings is 1. The maximum atomic E-state index is 13.0. The van der Waals surface area contributed by atoms with E-state index in [-0.39, 0.29) is 11.4 Å². The molecule has 1 aromatic carbocycles. The van der Waals surface area contributed by atoms with Crippen LogP contribution < -0.4 is 0 Å². The molecule has 1 fully saturated rings. The van der Waals surface area contributed by atoms with Gasteiger partial charge in [0.25, 0.3) is 0 Å². The molecule has 2 aromatic rings. The number of aryl methyl sites for hydroxylation is 1. The average molecular weight is 388 g/mol. The summed E-state index contributed by atoms with van der Waals surface area (Å²) in [6.07, 6.45) is -0.225. The van der Waals surface area contributed by atoms with Gasteiger partial charge in [-0.25, -0.2) is 13.4 Å². The molecule has 5 nitrogen and oxygen atoms in total. The van der Waals surface area contributed by atoms with E-state index in [1.165, 1.54) is 4.31 Å². The summed E-state index contributed by atoms with van der Waals surface area (Å²) >= 11 is 0. The second-order valence-corrected chi connectivity index (χ2v) is 8.06. The zero-order valence-electron chi connectivity index (χ0n) is 14.2. The van der Waals surface area contributed by atoms with Crippen LogP contribution in [0.5, 0.6) is 0 Å². The van der Waals surface area contributed by atoms with Crippen molar-refractivity contribution in [2.45, 2.75) is 49.7 Å². The Bertz CT molecular complexity index is 860. The van der Waals surface area contributed by atoms with Crippen LogP contribution >= 0.6 is 0 Å². The van der Waals surface area contributed by atoms with E-state index in [9.17, 15) is 21.6 Å². The van der Waals surface area contributed by atoms with E-state index in [0.29, 0.717) is 30.9 Å². The van der Waals surface area contributed by atoms with Crippen LogP contribution in [0.4, 0.5) is 13.2 Å². The number of hydrogen-bond donors (Lipinski definition) is 0. The lowest BCUT2D eigenvalue weighted by Gasteiger charge is -2.32. The molecule has 1 aromatic heterocycles. The average Bonchev–Trinajstić information content (AvgIpc) is 3.10. The molecule has 0 spiro atoms. The Morgan fingerprint density at radius 1 is 1.23 bits per heavy atom. The van der Waals surface area contributed by atoms with E-state index in [2.05, 4.69) is 4.98 Å². The molecule has 2 heterocycles. The van der Waals surface area contributed by atoms with Gasteiger partial charge in [0.15, 0.2) is 0 Å². The van der Waals surface area contributed by atoms with Crippen LogP contribution in [0.1, 0.15) is 49.4 Å². The first kappa shape index (κ1) is 18.9. The largest absolute Gasteiger partial charge is 0.444 e. The highest BCUT2D eigenvalue weighted by atomic mass is 32.2. The summed E-state index contributed by atoms with van der Waals surface area (Å²) in [5.74, 6) is 0.995. The minimum atomic E-state index is -4.51. The van der Waals surface area contributed by atoms with E-state index in [0.717, 1.165) is 30.7 Å². The summed E-state index contributed by atoms with van der Waals surface area (Å²) in [6.45, 7) is 2.18. The van der Waals surface area contributed by atoms with Crippen molar-refractivity contribution in [2.75, 3.05) is 6.54 Å². The van der Waals surface area contributed by atoms with E-state index in [1.54, 1.807) is 6.20 Å². The van der Waals surface area contributed by atoms with Gasteiger partial charge >= 0.3 is 6.18 Å². The zero-order chi connectivity index (χ0) is 18.9. The molecule has 0 N–H and O–H groups in total. The van der Waals surface area contributed by atoms with Crippen molar-refractivity contribution in [3.8, 4) is 0 Å². The van der Waals surface area contributed by atoms with E-state index >= 15 is 0 Å². The van der Waals surface area contributed by atoms with Gasteiger partial charge in [0, 0.05) is 13.0 Å². The molecule has 1 saturated heterocycles. The minimum absolute atomic E-state index is 0.167. The fourth-order valence-corrected chi connectivity index (χ4v) is 4.68. The fraction of sp³-hybridized carbons (Fsp3) is 0.471. The molecule has 0 amide bonds. The smallest absolute Gasteiger partial charge is 0.416 e. The third kappa shape index (κ3) is 3.64. The molecule has 0 unspecified atom stereocenters. The Hall–Kier alpha value is -1.87. The first-order chi connectivity index (χ1) is 12.2. The highest BCUT2D eigenvalue weighted by Crippen LogP contribution is 2.36. The quantitative estimate of drug-likeness (QED) is 0.789. The normalized spacial score (nSPS) is 19.6. The summed E-state index contributed by atoms with van der Waals surface area (Å²) < 4.78 is 71.0. The first-order valence-electron chi connectivity index (χ1n) is 8.37. The molecule has 26 heavy (non-hydrogen) atoms. The van der Waals surface area contributed by atoms with Gasteiger partial charge in [-0.2, -0.15) is 17.5 Å². The number of alkyl halides is 3. The predicted octanol–water partition coefficient (Wildman–Crippen LogP) is 4.17. The van der Waals surface area contributed by atoms with Crippen LogP contribution in [0.3, 0.4) is 0 Å². The highest BCUT2D eigenvalue weighted by Gasteiger charge is 2.37. The highest BCUT2D eigenvalue weighted by molar-refractivity contribution is 7.89. The van der Waals surface area contributed by atoms with Crippen molar-refractivity contribution in [1.29, 1.82) is 0 Å². The molecule has 9 heteroatoms. The number of oxazole rings is 1. The molecule has 3 rings (SSSR count). The zero-order valence-corrected chi connectivity index (χ0v) is 15.0. The van der Waals surface area contributed by atoms with Crippen molar-refractivity contribution in [2.24, 2.45) is 0 Å². The Morgan fingerprint density at radius 2 is 1.92 bits per heavy atom. The number of nitrogens with zero attached hydrogens (tertiary/aromatic N) is 2. The van der Waals surface area contributed by atoms with Crippen LogP contribution in [-0.4, -0.2) is 24.3 Å². The molecule has 1 aliphatic heterocycles. The van der Waals surface area contributed by atoms with Crippen molar-refractivity contribution in [3.63, 3.8) is 0 Å². The van der Waals surface area contributed by atoms with Crippen molar-refractivity contribution >= 4 is 10.0 Å². The lowest BCUT2D eigenvalue weighted by Crippen LogP contribution is -2.38. The molecule has 142 valence electrons. The number of aromatic nitrogens is 1. The SMILES string of the molecule is CCc1cnc([C@@H]2CCCCN2S(=O)(=O)c2ccc(C(F)(F)F)cc2)o1. The van der Waals surface area contributed by atoms with Crippen molar-refractivity contribution < 1.29 is 26.0 Å². The Morgan fingerprint density at radius 3 is 2.50 bits per heavy atom. The molecule has 1 atom stereocenters. The molecular formula is C17H19F3N2O3S. The number of benzene rings is 1. The topological polar surface area (TPSA) is 63.4 Å². The lowest BCUT2D eigenvalue weighted by molar-refractivity contribution is -0.137. The van der Waals surface area contributed by atoms with Crippen LogP contribution in [0.25, 0.3) is 0 Å². The molecule has 0 bridgehead atoms. The monoisotopic (exact) mass is 388 g/mol. The van der Waals surface area contributed by atoms with Gasteiger partial charge in [-0.1, -0.05) is 13.3 Å². The Labute approximate surface area is 149 Å². The Balaban J connectivity index is 1.93. The summed E-state index contributed by atoms with van der Waals surface area (Å²) in [5, 5.41) is 0. The maximum absolute atomic E-state index is 13.0. The third-order valence-corrected chi connectivity index (χ3v) is 6.37. The molecular weight excluding hydrogens is 369 g/mol. The summed E-state index contributed by atoms with van der Waals surface area (Å²) in [6, 6.07) is 3.02. The van der Waals surface area contributed by atoms with E-state index in [4.69, 9.17) is 4.42 Å². The van der Waals surface area contributed by atoms with Gasteiger partial charge in [0.2, 0.25) is 15.9 Å². The Kier molecular flexibility index (Phi) is 5.12. The molecule has 0 saturated carbocycles. The molecule has 0 aliphatic carbocycles. The second kappa shape index (κ2) is 7.03. The van der Waals surface area contributed by atoms with Gasteiger partial charge in [-0.05, 0) is 37.1 Å². The molecule has 0 radical (unpaired) electrons. The standard InChI is InChI=1S/C17H19F3N2O3S/c1-2-13-11-21-16(25-13)15-5-3-4-10-22(15)26(23,24)14-8-6-12(7-9-14)17(18,19)20/h6-9,11,15H,2-5,10H2,1H3/t15-/m0/s1. The predicted molar refractivity (Wildman–Crippen MR) is 87.8 cm³/mol. The number of hydrogen-bond acceptors (Lipinski definition) is 4. The number of rotatable bonds is 4. The van der Waals surface area contributed by atoms with Crippen molar-refractivity contribution in [1.82, 2.24) is 9.29 Å². The van der Waals surface area contributed by atoms with Crippen LogP contribution in [0.15, 0.2) is 39.8 Å². The van der Waals surface area contributed by atoms with Crippen LogP contribution in [0, 0.1) is 0 Å². The van der Waals surface area contributed by atoms with Crippen LogP contribution in [0.2, 0.25) is 0 Å². The maximum Gasteiger partial charge on any atom is 0.416 e. The first-order valence-corrected chi connectivity index (χ1v) is 9.81. The third-order valence-electron chi connectivity index (χ3n) is 4.45. The minimum Gasteiger partial charge on any atom is -0.444 e.